The summed E-state index contributed by atoms with van der Waals surface area (Å²) in [5.74, 6) is -7.73. The summed E-state index contributed by atoms with van der Waals surface area (Å²) in [6, 6.07) is 1.41. The number of carbonyl (C=O) groups is 1. The van der Waals surface area contributed by atoms with Crippen molar-refractivity contribution in [2.24, 2.45) is 5.41 Å². The Hall–Kier alpha value is -1.90. The second kappa shape index (κ2) is 5.30. The number of halogens is 5. The normalized spacial score (nSPS) is 36.6. The van der Waals surface area contributed by atoms with E-state index in [-0.39, 0.29) is 6.42 Å². The smallest absolute Gasteiger partial charge is 0.418 e. The van der Waals surface area contributed by atoms with Gasteiger partial charge in [-0.2, -0.15) is 17.6 Å². The Morgan fingerprint density at radius 1 is 1.40 bits per heavy atom. The van der Waals surface area contributed by atoms with Crippen LogP contribution in [0.4, 0.5) is 22.0 Å². The van der Waals surface area contributed by atoms with Gasteiger partial charge in [0.2, 0.25) is 5.82 Å². The lowest BCUT2D eigenvalue weighted by Crippen LogP contribution is -2.63. The lowest BCUT2D eigenvalue weighted by Gasteiger charge is -2.54. The van der Waals surface area contributed by atoms with Crippen LogP contribution in [0.15, 0.2) is 12.1 Å². The van der Waals surface area contributed by atoms with Crippen LogP contribution in [-0.2, 0) is 9.53 Å². The van der Waals surface area contributed by atoms with E-state index in [1.54, 1.807) is 0 Å². The van der Waals surface area contributed by atoms with Crippen LogP contribution < -0.4 is 4.74 Å². The molecule has 0 unspecified atom stereocenters. The average Bonchev–Trinajstić information content (AvgIpc) is 2.70. The maximum atomic E-state index is 14.3. The first kappa shape index (κ1) is 14.3. The summed E-state index contributed by atoms with van der Waals surface area (Å²) < 4.78 is 100. The molecular weight excluding hydrogens is 351 g/mol. The van der Waals surface area contributed by atoms with E-state index in [0.29, 0.717) is 6.07 Å². The van der Waals surface area contributed by atoms with E-state index in [1.807, 2.05) is 0 Å². The summed E-state index contributed by atoms with van der Waals surface area (Å²) in [7, 11) is -3.25. The Balaban J connectivity index is 2.22. The number of rotatable bonds is 3. The molecule has 25 heavy (non-hydrogen) atoms. The van der Waals surface area contributed by atoms with Crippen molar-refractivity contribution in [2.75, 3.05) is 7.04 Å². The fraction of sp³-hybridized carbons (Fsp3) is 0.562. The number of methoxy groups -OCH3 is 1. The summed E-state index contributed by atoms with van der Waals surface area (Å²) in [6.07, 6.45) is -7.61. The highest BCUT2D eigenvalue weighted by Gasteiger charge is 2.80. The molecule has 0 spiro atoms. The molecule has 0 aromatic heterocycles. The van der Waals surface area contributed by atoms with Gasteiger partial charge in [-0.1, -0.05) is 13.0 Å². The minimum absolute atomic E-state index is 0.118. The molecule has 0 radical (unpaired) electrons. The van der Waals surface area contributed by atoms with Crippen molar-refractivity contribution in [1.82, 2.24) is 0 Å². The van der Waals surface area contributed by atoms with E-state index >= 15 is 0 Å². The standard InChI is InChI=1S/C16H15F5O4/c1-14-5-6-15(14,16(19,20)21)25-12(13(22)23)9(14)7-3-4-8(17)10(18)11(7)24-2/h3-4,9,12H,5-6H2,1-2H3,(H,22,23)/t9-,12+,14+,15+/m0/s1/i2D3. The molecule has 3 rings (SSSR count). The average molecular weight is 369 g/mol. The first-order valence-corrected chi connectivity index (χ1v) is 7.29. The molecule has 1 aliphatic carbocycles. The van der Waals surface area contributed by atoms with Crippen molar-refractivity contribution >= 4 is 5.97 Å². The second-order valence-electron chi connectivity index (χ2n) is 6.48. The Bertz CT molecular complexity index is 828. The zero-order valence-corrected chi connectivity index (χ0v) is 12.8. The van der Waals surface area contributed by atoms with Gasteiger partial charge in [-0.25, -0.2) is 9.18 Å². The zero-order chi connectivity index (χ0) is 21.3. The second-order valence-corrected chi connectivity index (χ2v) is 6.48. The van der Waals surface area contributed by atoms with E-state index in [1.165, 1.54) is 0 Å². The summed E-state index contributed by atoms with van der Waals surface area (Å²) in [5.41, 5.74) is -5.14. The van der Waals surface area contributed by atoms with Crippen LogP contribution in [0.1, 0.15) is 35.4 Å². The van der Waals surface area contributed by atoms with Gasteiger partial charge in [0.15, 0.2) is 23.3 Å². The molecule has 4 atom stereocenters. The highest BCUT2D eigenvalue weighted by atomic mass is 19.4. The number of hydrogen-bond donors (Lipinski definition) is 1. The van der Waals surface area contributed by atoms with Gasteiger partial charge in [0.1, 0.15) is 0 Å². The highest BCUT2D eigenvalue weighted by Crippen LogP contribution is 2.71. The van der Waals surface area contributed by atoms with E-state index in [2.05, 4.69) is 4.74 Å². The van der Waals surface area contributed by atoms with Gasteiger partial charge >= 0.3 is 12.1 Å². The van der Waals surface area contributed by atoms with Crippen LogP contribution in [0.2, 0.25) is 0 Å². The van der Waals surface area contributed by atoms with Crippen LogP contribution in [0.25, 0.3) is 0 Å². The molecule has 9 heteroatoms. The molecule has 0 bridgehead atoms. The van der Waals surface area contributed by atoms with Gasteiger partial charge in [0, 0.05) is 16.9 Å². The van der Waals surface area contributed by atoms with Crippen LogP contribution in [0, 0.1) is 17.0 Å². The first-order chi connectivity index (χ1) is 12.6. The molecule has 4 nitrogen and oxygen atoms in total. The number of aliphatic carboxylic acids is 1. The topological polar surface area (TPSA) is 55.8 Å². The van der Waals surface area contributed by atoms with E-state index in [9.17, 15) is 31.9 Å². The molecule has 138 valence electrons. The Morgan fingerprint density at radius 2 is 2.08 bits per heavy atom. The monoisotopic (exact) mass is 369 g/mol. The van der Waals surface area contributed by atoms with Crippen LogP contribution >= 0.6 is 0 Å². The van der Waals surface area contributed by atoms with Gasteiger partial charge in [0.05, 0.1) is 11.2 Å². The van der Waals surface area contributed by atoms with E-state index in [0.717, 1.165) is 13.0 Å². The minimum Gasteiger partial charge on any atom is -0.493 e. The van der Waals surface area contributed by atoms with Crippen molar-refractivity contribution in [2.45, 2.75) is 43.6 Å². The molecule has 1 aliphatic heterocycles. The lowest BCUT2D eigenvalue weighted by atomic mass is 9.51. The molecule has 1 heterocycles. The van der Waals surface area contributed by atoms with E-state index in [4.69, 9.17) is 8.85 Å². The maximum absolute atomic E-state index is 14.3. The molecule has 0 amide bonds. The lowest BCUT2D eigenvalue weighted by molar-refractivity contribution is -0.329. The van der Waals surface area contributed by atoms with Crippen molar-refractivity contribution in [3.63, 3.8) is 0 Å². The zero-order valence-electron chi connectivity index (χ0n) is 15.8. The quantitative estimate of drug-likeness (QED) is 0.827. The van der Waals surface area contributed by atoms with Gasteiger partial charge in [-0.15, -0.1) is 0 Å². The third-order valence-corrected chi connectivity index (χ3v) is 5.46. The molecule has 1 N–H and O–H groups in total. The minimum atomic E-state index is -4.92. The molecule has 2 fully saturated rings. The number of hydrogen-bond acceptors (Lipinski definition) is 3. The molecule has 1 aromatic rings. The molecule has 1 saturated heterocycles. The van der Waals surface area contributed by atoms with Crippen molar-refractivity contribution < 1.29 is 45.4 Å². The van der Waals surface area contributed by atoms with Crippen LogP contribution in [0.5, 0.6) is 5.75 Å². The van der Waals surface area contributed by atoms with Crippen molar-refractivity contribution in [3.8, 4) is 5.75 Å². The molecule has 2 aliphatic rings. The SMILES string of the molecule is [2H]C([2H])([2H])Oc1c([C@H]2[C@H](C(=O)O)O[C@]3(C(F)(F)F)CC[C@]23C)ccc(F)c1F. The summed E-state index contributed by atoms with van der Waals surface area (Å²) >= 11 is 0. The number of alkyl halides is 3. The van der Waals surface area contributed by atoms with Crippen LogP contribution in [0.3, 0.4) is 0 Å². The Labute approximate surface area is 143 Å². The number of ether oxygens (including phenoxy) is 2. The number of fused-ring (bicyclic) bond motifs is 1. The third kappa shape index (κ3) is 2.11. The van der Waals surface area contributed by atoms with Gasteiger partial charge in [-0.05, 0) is 18.9 Å². The van der Waals surface area contributed by atoms with Crippen molar-refractivity contribution in [1.29, 1.82) is 0 Å². The third-order valence-electron chi connectivity index (χ3n) is 5.46. The Kier molecular flexibility index (Phi) is 3.03. The summed E-state index contributed by atoms with van der Waals surface area (Å²) in [4.78, 5) is 11.7. The first-order valence-electron chi connectivity index (χ1n) is 8.79. The summed E-state index contributed by atoms with van der Waals surface area (Å²) in [6.45, 7) is 1.14. The predicted molar refractivity (Wildman–Crippen MR) is 74.3 cm³/mol. The fourth-order valence-corrected chi connectivity index (χ4v) is 4.09. The summed E-state index contributed by atoms with van der Waals surface area (Å²) in [5, 5.41) is 9.44. The number of carboxylic acid groups (broad SMARTS) is 1. The molecule has 1 saturated carbocycles. The fourth-order valence-electron chi connectivity index (χ4n) is 4.09. The number of benzene rings is 1. The predicted octanol–water partition coefficient (Wildman–Crippen LogP) is 3.64. The molecular formula is C16H15F5O4. The Morgan fingerprint density at radius 3 is 2.56 bits per heavy atom. The largest absolute Gasteiger partial charge is 0.493 e. The van der Waals surface area contributed by atoms with Crippen molar-refractivity contribution in [3.05, 3.63) is 29.3 Å². The highest BCUT2D eigenvalue weighted by molar-refractivity contribution is 5.75. The maximum Gasteiger partial charge on any atom is 0.418 e. The van der Waals surface area contributed by atoms with E-state index < -0.39 is 71.6 Å². The van der Waals surface area contributed by atoms with Gasteiger partial charge in [0.25, 0.3) is 0 Å². The number of carboxylic acids is 1. The van der Waals surface area contributed by atoms with Gasteiger partial charge < -0.3 is 14.6 Å². The van der Waals surface area contributed by atoms with Gasteiger partial charge in [-0.3, -0.25) is 0 Å². The molecule has 1 aromatic carbocycles. The van der Waals surface area contributed by atoms with Crippen LogP contribution in [-0.4, -0.2) is 36.0 Å².